The van der Waals surface area contributed by atoms with Crippen molar-refractivity contribution in [3.05, 3.63) is 41.5 Å². The molecule has 0 aliphatic carbocycles. The van der Waals surface area contributed by atoms with E-state index in [9.17, 15) is 9.59 Å². The minimum atomic E-state index is -1.30. The maximum Gasteiger partial charge on any atom is 0.336 e. The third kappa shape index (κ3) is 3.34. The zero-order valence-electron chi connectivity index (χ0n) is 9.27. The van der Waals surface area contributed by atoms with E-state index in [1.165, 1.54) is 18.2 Å². The molecule has 0 aliphatic heterocycles. The molecule has 1 aromatic carbocycles. The highest BCUT2D eigenvalue weighted by molar-refractivity contribution is 6.01. The highest BCUT2D eigenvalue weighted by Crippen LogP contribution is 2.18. The first-order chi connectivity index (χ1) is 7.91. The Hall–Kier alpha value is -2.30. The van der Waals surface area contributed by atoms with Crippen LogP contribution in [0.1, 0.15) is 27.6 Å². The zero-order chi connectivity index (χ0) is 13.0. The molecule has 0 atom stereocenters. The van der Waals surface area contributed by atoms with Crippen molar-refractivity contribution in [1.29, 1.82) is 0 Å². The SMILES string of the molecule is C=C(C)COc1ccc(C(=O)O)c(C(=O)O)c1. The summed E-state index contributed by atoms with van der Waals surface area (Å²) in [5.41, 5.74) is 0.223. The van der Waals surface area contributed by atoms with Gasteiger partial charge in [-0.25, -0.2) is 9.59 Å². The summed E-state index contributed by atoms with van der Waals surface area (Å²) in [5.74, 6) is -2.28. The lowest BCUT2D eigenvalue weighted by molar-refractivity contribution is 0.0651. The molecular formula is C12H12O5. The molecule has 17 heavy (non-hydrogen) atoms. The number of aromatic carboxylic acids is 2. The third-order valence-corrected chi connectivity index (χ3v) is 1.94. The van der Waals surface area contributed by atoms with Gasteiger partial charge in [-0.1, -0.05) is 6.58 Å². The maximum absolute atomic E-state index is 10.9. The first-order valence-electron chi connectivity index (χ1n) is 4.79. The van der Waals surface area contributed by atoms with Crippen LogP contribution in [0.4, 0.5) is 0 Å². The molecule has 0 spiro atoms. The van der Waals surface area contributed by atoms with Gasteiger partial charge >= 0.3 is 11.9 Å². The van der Waals surface area contributed by atoms with Crippen LogP contribution in [-0.4, -0.2) is 28.8 Å². The van der Waals surface area contributed by atoms with E-state index in [1.807, 2.05) is 0 Å². The molecule has 5 heteroatoms. The second-order valence-corrected chi connectivity index (χ2v) is 3.56. The Kier molecular flexibility index (Phi) is 3.87. The molecule has 0 bridgehead atoms. The van der Waals surface area contributed by atoms with Gasteiger partial charge in [-0.05, 0) is 30.7 Å². The van der Waals surface area contributed by atoms with Gasteiger partial charge in [-0.3, -0.25) is 0 Å². The summed E-state index contributed by atoms with van der Waals surface area (Å²) in [4.78, 5) is 21.7. The number of hydrogen-bond acceptors (Lipinski definition) is 3. The van der Waals surface area contributed by atoms with Crippen LogP contribution in [0.25, 0.3) is 0 Å². The van der Waals surface area contributed by atoms with Crippen molar-refractivity contribution in [3.63, 3.8) is 0 Å². The van der Waals surface area contributed by atoms with Crippen LogP contribution < -0.4 is 4.74 Å². The third-order valence-electron chi connectivity index (χ3n) is 1.94. The molecule has 5 nitrogen and oxygen atoms in total. The van der Waals surface area contributed by atoms with Gasteiger partial charge in [-0.2, -0.15) is 0 Å². The fraction of sp³-hybridized carbons (Fsp3) is 0.167. The van der Waals surface area contributed by atoms with E-state index in [-0.39, 0.29) is 17.7 Å². The molecule has 90 valence electrons. The Morgan fingerprint density at radius 2 is 1.82 bits per heavy atom. The average molecular weight is 236 g/mol. The molecule has 1 aromatic rings. The van der Waals surface area contributed by atoms with Crippen molar-refractivity contribution in [2.24, 2.45) is 0 Å². The average Bonchev–Trinajstić information content (AvgIpc) is 2.25. The lowest BCUT2D eigenvalue weighted by Gasteiger charge is -2.08. The van der Waals surface area contributed by atoms with E-state index in [0.717, 1.165) is 5.57 Å². The number of carbonyl (C=O) groups is 2. The Labute approximate surface area is 98.0 Å². The quantitative estimate of drug-likeness (QED) is 0.764. The molecule has 0 unspecified atom stereocenters. The molecular weight excluding hydrogens is 224 g/mol. The van der Waals surface area contributed by atoms with E-state index in [2.05, 4.69) is 6.58 Å². The first-order valence-corrected chi connectivity index (χ1v) is 4.79. The standard InChI is InChI=1S/C12H12O5/c1-7(2)6-17-8-3-4-9(11(13)14)10(5-8)12(15)16/h3-5H,1,6H2,2H3,(H,13,14)(H,15,16). The first kappa shape index (κ1) is 12.8. The topological polar surface area (TPSA) is 83.8 Å². The van der Waals surface area contributed by atoms with Crippen LogP contribution in [0.3, 0.4) is 0 Å². The van der Waals surface area contributed by atoms with E-state index in [1.54, 1.807) is 6.92 Å². The van der Waals surface area contributed by atoms with Crippen LogP contribution in [0.2, 0.25) is 0 Å². The molecule has 0 aromatic heterocycles. The monoisotopic (exact) mass is 236 g/mol. The lowest BCUT2D eigenvalue weighted by atomic mass is 10.1. The van der Waals surface area contributed by atoms with E-state index in [0.29, 0.717) is 5.75 Å². The summed E-state index contributed by atoms with van der Waals surface area (Å²) < 4.78 is 5.24. The van der Waals surface area contributed by atoms with Crippen molar-refractivity contribution >= 4 is 11.9 Å². The second kappa shape index (κ2) is 5.16. The summed E-state index contributed by atoms with van der Waals surface area (Å²) in [7, 11) is 0. The molecule has 0 saturated heterocycles. The van der Waals surface area contributed by atoms with E-state index < -0.39 is 11.9 Å². The van der Waals surface area contributed by atoms with Gasteiger partial charge in [-0.15, -0.1) is 0 Å². The number of benzene rings is 1. The summed E-state index contributed by atoms with van der Waals surface area (Å²) in [6, 6.07) is 3.81. The van der Waals surface area contributed by atoms with Gasteiger partial charge in [0.1, 0.15) is 12.4 Å². The van der Waals surface area contributed by atoms with Crippen molar-refractivity contribution in [2.45, 2.75) is 6.92 Å². The molecule has 2 N–H and O–H groups in total. The number of carboxylic acid groups (broad SMARTS) is 2. The van der Waals surface area contributed by atoms with Gasteiger partial charge in [0.2, 0.25) is 0 Å². The Morgan fingerprint density at radius 3 is 2.29 bits per heavy atom. The molecule has 0 aliphatic rings. The number of carboxylic acids is 2. The predicted octanol–water partition coefficient (Wildman–Crippen LogP) is 2.04. The van der Waals surface area contributed by atoms with Crippen molar-refractivity contribution in [1.82, 2.24) is 0 Å². The van der Waals surface area contributed by atoms with Gasteiger partial charge < -0.3 is 14.9 Å². The fourth-order valence-electron chi connectivity index (χ4n) is 1.18. The van der Waals surface area contributed by atoms with Gasteiger partial charge in [0, 0.05) is 0 Å². The smallest absolute Gasteiger partial charge is 0.336 e. The maximum atomic E-state index is 10.9. The summed E-state index contributed by atoms with van der Waals surface area (Å²) in [6.07, 6.45) is 0. The molecule has 0 amide bonds. The van der Waals surface area contributed by atoms with Crippen LogP contribution in [0, 0.1) is 0 Å². The van der Waals surface area contributed by atoms with Gasteiger partial charge in [0.15, 0.2) is 0 Å². The minimum absolute atomic E-state index is 0.255. The van der Waals surface area contributed by atoms with Crippen LogP contribution >= 0.6 is 0 Å². The van der Waals surface area contributed by atoms with Gasteiger partial charge in [0.05, 0.1) is 11.1 Å². The summed E-state index contributed by atoms with van der Waals surface area (Å²) in [6.45, 7) is 5.66. The van der Waals surface area contributed by atoms with Crippen molar-refractivity contribution in [3.8, 4) is 5.75 Å². The van der Waals surface area contributed by atoms with Crippen molar-refractivity contribution < 1.29 is 24.5 Å². The number of rotatable bonds is 5. The van der Waals surface area contributed by atoms with Crippen LogP contribution in [0.15, 0.2) is 30.4 Å². The van der Waals surface area contributed by atoms with Crippen molar-refractivity contribution in [2.75, 3.05) is 6.61 Å². The predicted molar refractivity (Wildman–Crippen MR) is 60.7 cm³/mol. The Balaban J connectivity index is 3.05. The highest BCUT2D eigenvalue weighted by Gasteiger charge is 2.16. The number of ether oxygens (including phenoxy) is 1. The molecule has 0 saturated carbocycles. The normalized spacial score (nSPS) is 9.71. The van der Waals surface area contributed by atoms with Gasteiger partial charge in [0.25, 0.3) is 0 Å². The second-order valence-electron chi connectivity index (χ2n) is 3.56. The molecule has 1 rings (SSSR count). The largest absolute Gasteiger partial charge is 0.489 e. The highest BCUT2D eigenvalue weighted by atomic mass is 16.5. The van der Waals surface area contributed by atoms with E-state index in [4.69, 9.17) is 14.9 Å². The summed E-state index contributed by atoms with van der Waals surface area (Å²) in [5, 5.41) is 17.7. The minimum Gasteiger partial charge on any atom is -0.489 e. The molecule has 0 heterocycles. The lowest BCUT2D eigenvalue weighted by Crippen LogP contribution is -2.08. The van der Waals surface area contributed by atoms with Crippen LogP contribution in [-0.2, 0) is 0 Å². The molecule has 0 radical (unpaired) electrons. The zero-order valence-corrected chi connectivity index (χ0v) is 9.27. The Bertz CT molecular complexity index is 476. The summed E-state index contributed by atoms with van der Waals surface area (Å²) >= 11 is 0. The molecule has 0 fully saturated rings. The van der Waals surface area contributed by atoms with Crippen LogP contribution in [0.5, 0.6) is 5.75 Å². The fourth-order valence-corrected chi connectivity index (χ4v) is 1.18. The van der Waals surface area contributed by atoms with E-state index >= 15 is 0 Å². The Morgan fingerprint density at radius 1 is 1.24 bits per heavy atom. The number of hydrogen-bond donors (Lipinski definition) is 2.